The van der Waals surface area contributed by atoms with Crippen molar-refractivity contribution in [3.8, 4) is 5.75 Å². The first-order valence-corrected chi connectivity index (χ1v) is 6.68. The van der Waals surface area contributed by atoms with Crippen LogP contribution in [0.2, 0.25) is 0 Å². The predicted octanol–water partition coefficient (Wildman–Crippen LogP) is 3.36. The van der Waals surface area contributed by atoms with Crippen molar-refractivity contribution >= 4 is 17.4 Å². The highest BCUT2D eigenvalue weighted by Gasteiger charge is 2.10. The van der Waals surface area contributed by atoms with E-state index in [1.807, 2.05) is 38.1 Å². The fourth-order valence-electron chi connectivity index (χ4n) is 2.18. The topological polar surface area (TPSA) is 87.4 Å². The van der Waals surface area contributed by atoms with Crippen LogP contribution in [0.25, 0.3) is 0 Å². The molecule has 1 unspecified atom stereocenters. The maximum absolute atomic E-state index is 10.9. The highest BCUT2D eigenvalue weighted by molar-refractivity contribution is 5.88. The minimum atomic E-state index is -0.601. The van der Waals surface area contributed by atoms with Crippen molar-refractivity contribution in [2.75, 3.05) is 10.6 Å². The Hall–Kier alpha value is -2.69. The maximum atomic E-state index is 10.9. The molecular formula is C16H19N3O2. The van der Waals surface area contributed by atoms with Gasteiger partial charge < -0.3 is 21.5 Å². The number of carbonyl (C=O) groups is 1. The SMILES string of the molecule is Cc1ccc(C(C)Nc2cccc(NC(N)=O)c2)c(O)c1. The summed E-state index contributed by atoms with van der Waals surface area (Å²) in [7, 11) is 0. The van der Waals surface area contributed by atoms with Crippen molar-refractivity contribution in [3.63, 3.8) is 0 Å². The molecule has 5 heteroatoms. The number of nitrogens with one attached hydrogen (secondary N) is 2. The molecule has 0 spiro atoms. The molecule has 0 saturated carbocycles. The molecule has 2 amide bonds. The Morgan fingerprint density at radius 3 is 2.57 bits per heavy atom. The van der Waals surface area contributed by atoms with Gasteiger partial charge in [0.05, 0.1) is 6.04 Å². The van der Waals surface area contributed by atoms with E-state index in [-0.39, 0.29) is 11.8 Å². The summed E-state index contributed by atoms with van der Waals surface area (Å²) in [6.07, 6.45) is 0. The molecule has 2 aromatic carbocycles. The van der Waals surface area contributed by atoms with E-state index in [0.717, 1.165) is 16.8 Å². The zero-order valence-electron chi connectivity index (χ0n) is 12.1. The third-order valence-electron chi connectivity index (χ3n) is 3.17. The van der Waals surface area contributed by atoms with Crippen molar-refractivity contribution in [1.29, 1.82) is 0 Å². The number of benzene rings is 2. The van der Waals surface area contributed by atoms with Crippen molar-refractivity contribution in [2.24, 2.45) is 5.73 Å². The average Bonchev–Trinajstić information content (AvgIpc) is 2.37. The van der Waals surface area contributed by atoms with E-state index in [1.165, 1.54) is 0 Å². The Labute approximate surface area is 123 Å². The van der Waals surface area contributed by atoms with Gasteiger partial charge in [-0.1, -0.05) is 18.2 Å². The Balaban J connectivity index is 2.15. The highest BCUT2D eigenvalue weighted by Crippen LogP contribution is 2.28. The van der Waals surface area contributed by atoms with E-state index in [1.54, 1.807) is 18.2 Å². The summed E-state index contributed by atoms with van der Waals surface area (Å²) in [5, 5.41) is 15.8. The number of hydrogen-bond acceptors (Lipinski definition) is 3. The second-order valence-electron chi connectivity index (χ2n) is 5.00. The summed E-state index contributed by atoms with van der Waals surface area (Å²) in [6, 6.07) is 12.1. The summed E-state index contributed by atoms with van der Waals surface area (Å²) in [4.78, 5) is 10.9. The van der Waals surface area contributed by atoms with Crippen LogP contribution in [-0.2, 0) is 0 Å². The van der Waals surface area contributed by atoms with E-state index in [4.69, 9.17) is 5.73 Å². The number of carbonyl (C=O) groups excluding carboxylic acids is 1. The molecule has 0 radical (unpaired) electrons. The predicted molar refractivity (Wildman–Crippen MR) is 84.5 cm³/mol. The summed E-state index contributed by atoms with van der Waals surface area (Å²) in [5.74, 6) is 0.265. The van der Waals surface area contributed by atoms with Crippen LogP contribution in [-0.4, -0.2) is 11.1 Å². The van der Waals surface area contributed by atoms with Gasteiger partial charge in [-0.2, -0.15) is 0 Å². The van der Waals surface area contributed by atoms with Crippen LogP contribution >= 0.6 is 0 Å². The lowest BCUT2D eigenvalue weighted by Crippen LogP contribution is -2.19. The summed E-state index contributed by atoms with van der Waals surface area (Å²) in [5.41, 5.74) is 8.37. The van der Waals surface area contributed by atoms with Gasteiger partial charge in [0.1, 0.15) is 5.75 Å². The van der Waals surface area contributed by atoms with Crippen LogP contribution in [0.5, 0.6) is 5.75 Å². The van der Waals surface area contributed by atoms with E-state index in [9.17, 15) is 9.90 Å². The molecule has 5 nitrogen and oxygen atoms in total. The first-order valence-electron chi connectivity index (χ1n) is 6.68. The Morgan fingerprint density at radius 2 is 1.90 bits per heavy atom. The standard InChI is InChI=1S/C16H19N3O2/c1-10-6-7-14(15(20)8-10)11(2)18-12-4-3-5-13(9-12)19-16(17)21/h3-9,11,18,20H,1-2H3,(H3,17,19,21). The number of anilines is 2. The number of urea groups is 1. The summed E-state index contributed by atoms with van der Waals surface area (Å²) in [6.45, 7) is 3.89. The van der Waals surface area contributed by atoms with E-state index < -0.39 is 6.03 Å². The fourth-order valence-corrected chi connectivity index (χ4v) is 2.18. The lowest BCUT2D eigenvalue weighted by Gasteiger charge is -2.18. The van der Waals surface area contributed by atoms with Gasteiger partial charge in [0.15, 0.2) is 0 Å². The molecule has 0 aliphatic rings. The Bertz CT molecular complexity index is 656. The molecular weight excluding hydrogens is 266 g/mol. The van der Waals surface area contributed by atoms with Gasteiger partial charge in [-0.15, -0.1) is 0 Å². The molecule has 0 fully saturated rings. The first-order chi connectivity index (χ1) is 9.95. The zero-order valence-corrected chi connectivity index (χ0v) is 12.1. The third kappa shape index (κ3) is 3.89. The molecule has 21 heavy (non-hydrogen) atoms. The molecule has 110 valence electrons. The quantitative estimate of drug-likeness (QED) is 0.694. The Kier molecular flexibility index (Phi) is 4.33. The van der Waals surface area contributed by atoms with Crippen LogP contribution in [0.1, 0.15) is 24.1 Å². The molecule has 0 aromatic heterocycles. The lowest BCUT2D eigenvalue weighted by atomic mass is 10.0. The van der Waals surface area contributed by atoms with Gasteiger partial charge >= 0.3 is 6.03 Å². The highest BCUT2D eigenvalue weighted by atomic mass is 16.3. The number of phenolic OH excluding ortho intramolecular Hbond substituents is 1. The number of amides is 2. The van der Waals surface area contributed by atoms with Gasteiger partial charge in [0.25, 0.3) is 0 Å². The van der Waals surface area contributed by atoms with Gasteiger partial charge in [-0.25, -0.2) is 4.79 Å². The van der Waals surface area contributed by atoms with Crippen molar-refractivity contribution in [3.05, 3.63) is 53.6 Å². The molecule has 2 aromatic rings. The van der Waals surface area contributed by atoms with Crippen LogP contribution in [0.4, 0.5) is 16.2 Å². The number of nitrogens with two attached hydrogens (primary N) is 1. The molecule has 1 atom stereocenters. The normalized spacial score (nSPS) is 11.7. The summed E-state index contributed by atoms with van der Waals surface area (Å²) < 4.78 is 0. The van der Waals surface area contributed by atoms with Crippen LogP contribution < -0.4 is 16.4 Å². The molecule has 5 N–H and O–H groups in total. The van der Waals surface area contributed by atoms with Gasteiger partial charge in [-0.05, 0) is 43.7 Å². The number of aromatic hydroxyl groups is 1. The number of aryl methyl sites for hydroxylation is 1. The van der Waals surface area contributed by atoms with Gasteiger partial charge in [-0.3, -0.25) is 0 Å². The van der Waals surface area contributed by atoms with Crippen molar-refractivity contribution in [2.45, 2.75) is 19.9 Å². The number of hydrogen-bond donors (Lipinski definition) is 4. The van der Waals surface area contributed by atoms with Gasteiger partial charge in [0, 0.05) is 16.9 Å². The Morgan fingerprint density at radius 1 is 1.19 bits per heavy atom. The van der Waals surface area contributed by atoms with E-state index >= 15 is 0 Å². The minimum Gasteiger partial charge on any atom is -0.508 e. The van der Waals surface area contributed by atoms with Crippen LogP contribution in [0.3, 0.4) is 0 Å². The third-order valence-corrected chi connectivity index (χ3v) is 3.17. The second kappa shape index (κ2) is 6.17. The molecule has 0 aliphatic carbocycles. The van der Waals surface area contributed by atoms with E-state index in [0.29, 0.717) is 5.69 Å². The molecule has 0 aliphatic heterocycles. The molecule has 2 rings (SSSR count). The number of rotatable bonds is 4. The lowest BCUT2D eigenvalue weighted by molar-refractivity contribution is 0.259. The molecule has 0 saturated heterocycles. The zero-order chi connectivity index (χ0) is 15.4. The number of primary amides is 1. The molecule has 0 heterocycles. The van der Waals surface area contributed by atoms with Gasteiger partial charge in [0.2, 0.25) is 0 Å². The number of phenols is 1. The monoisotopic (exact) mass is 285 g/mol. The van der Waals surface area contributed by atoms with Crippen LogP contribution in [0, 0.1) is 6.92 Å². The maximum Gasteiger partial charge on any atom is 0.316 e. The largest absolute Gasteiger partial charge is 0.508 e. The van der Waals surface area contributed by atoms with Crippen molar-refractivity contribution < 1.29 is 9.90 Å². The van der Waals surface area contributed by atoms with Crippen molar-refractivity contribution in [1.82, 2.24) is 0 Å². The second-order valence-corrected chi connectivity index (χ2v) is 5.00. The minimum absolute atomic E-state index is 0.0746. The smallest absolute Gasteiger partial charge is 0.316 e. The molecule has 0 bridgehead atoms. The summed E-state index contributed by atoms with van der Waals surface area (Å²) >= 11 is 0. The first kappa shape index (κ1) is 14.7. The van der Waals surface area contributed by atoms with Crippen LogP contribution in [0.15, 0.2) is 42.5 Å². The fraction of sp³-hybridized carbons (Fsp3) is 0.188. The average molecular weight is 285 g/mol. The van der Waals surface area contributed by atoms with E-state index in [2.05, 4.69) is 10.6 Å².